The fraction of sp³-hybridized carbons (Fsp3) is 0.235. The van der Waals surface area contributed by atoms with Crippen LogP contribution >= 0.6 is 0 Å². The van der Waals surface area contributed by atoms with Crippen molar-refractivity contribution < 1.29 is 24.5 Å². The number of benzene rings is 4. The summed E-state index contributed by atoms with van der Waals surface area (Å²) in [6.07, 6.45) is 0.390. The fourth-order valence-corrected chi connectivity index (χ4v) is 5.11. The summed E-state index contributed by atoms with van der Waals surface area (Å²) < 4.78 is 5.41. The predicted octanol–water partition coefficient (Wildman–Crippen LogP) is 5.51. The molecule has 0 spiro atoms. The number of carbonyl (C=O) groups is 2. The molecule has 0 aliphatic carbocycles. The van der Waals surface area contributed by atoms with Crippen molar-refractivity contribution in [1.29, 1.82) is 0 Å². The number of aliphatic hydroxyl groups is 1. The number of ether oxygens (including phenoxy) is 1. The number of carboxylic acid groups (broad SMARTS) is 1. The van der Waals surface area contributed by atoms with Crippen LogP contribution in [0.4, 0.5) is 10.5 Å². The highest BCUT2D eigenvalue weighted by molar-refractivity contribution is 5.96. The van der Waals surface area contributed by atoms with Crippen LogP contribution in [0.1, 0.15) is 41.5 Å². The van der Waals surface area contributed by atoms with Crippen LogP contribution in [0.3, 0.4) is 0 Å². The van der Waals surface area contributed by atoms with Crippen LogP contribution in [0.2, 0.25) is 0 Å². The normalized spacial score (nSPS) is 11.9. The Bertz CT molecular complexity index is 1370. The molecule has 5 N–H and O–H groups in total. The van der Waals surface area contributed by atoms with Crippen molar-refractivity contribution in [1.82, 2.24) is 10.6 Å². The number of hydrogen-bond donors (Lipinski definition) is 5. The van der Waals surface area contributed by atoms with Gasteiger partial charge in [-0.1, -0.05) is 84.9 Å². The molecule has 1 atom stereocenters. The molecule has 42 heavy (non-hydrogen) atoms. The Hall–Kier alpha value is -4.66. The van der Waals surface area contributed by atoms with Gasteiger partial charge < -0.3 is 25.6 Å². The third-order valence-corrected chi connectivity index (χ3v) is 7.26. The summed E-state index contributed by atoms with van der Waals surface area (Å²) in [7, 11) is 1.65. The van der Waals surface area contributed by atoms with Crippen molar-refractivity contribution in [3.05, 3.63) is 131 Å². The molecular weight excluding hydrogens is 530 g/mol. The molecule has 1 unspecified atom stereocenters. The SMILES string of the molecule is COc1ccc(C(NCCCCC(NC(=O)O)C(=O)Nc2ccc(CO)cc2)(c2ccccc2)c2ccccc2)cc1. The van der Waals surface area contributed by atoms with Gasteiger partial charge >= 0.3 is 6.09 Å². The molecule has 0 aromatic heterocycles. The Labute approximate surface area is 246 Å². The molecule has 218 valence electrons. The minimum absolute atomic E-state index is 0.0975. The molecule has 4 aromatic carbocycles. The van der Waals surface area contributed by atoms with Crippen LogP contribution in [0.15, 0.2) is 109 Å². The van der Waals surface area contributed by atoms with Crippen LogP contribution < -0.4 is 20.7 Å². The zero-order valence-electron chi connectivity index (χ0n) is 23.6. The first-order valence-electron chi connectivity index (χ1n) is 14.0. The van der Waals surface area contributed by atoms with E-state index in [-0.39, 0.29) is 6.61 Å². The minimum Gasteiger partial charge on any atom is -0.497 e. The first-order chi connectivity index (χ1) is 20.5. The number of nitrogens with one attached hydrogen (secondary N) is 3. The zero-order valence-corrected chi connectivity index (χ0v) is 23.6. The lowest BCUT2D eigenvalue weighted by Crippen LogP contribution is -2.45. The van der Waals surface area contributed by atoms with Gasteiger partial charge in [0.15, 0.2) is 0 Å². The van der Waals surface area contributed by atoms with E-state index in [0.717, 1.165) is 28.0 Å². The molecule has 0 bridgehead atoms. The molecule has 0 saturated carbocycles. The second-order valence-electron chi connectivity index (χ2n) is 9.98. The van der Waals surface area contributed by atoms with Crippen molar-refractivity contribution in [2.75, 3.05) is 19.0 Å². The molecule has 0 aliphatic heterocycles. The average molecular weight is 568 g/mol. The maximum atomic E-state index is 12.9. The van der Waals surface area contributed by atoms with Gasteiger partial charge in [-0.25, -0.2) is 4.79 Å². The van der Waals surface area contributed by atoms with Crippen molar-refractivity contribution in [2.45, 2.75) is 37.5 Å². The maximum Gasteiger partial charge on any atom is 0.405 e. The van der Waals surface area contributed by atoms with E-state index < -0.39 is 23.6 Å². The summed E-state index contributed by atoms with van der Waals surface area (Å²) in [5, 5.41) is 27.5. The molecule has 8 nitrogen and oxygen atoms in total. The van der Waals surface area contributed by atoms with Crippen LogP contribution in [0.5, 0.6) is 5.75 Å². The summed E-state index contributed by atoms with van der Waals surface area (Å²) in [4.78, 5) is 24.4. The standard InChI is InChI=1S/C34H37N3O5/c1-42-30-21-17-28(18-22-30)34(26-10-4-2-5-11-26,27-12-6-3-7-13-27)35-23-9-8-14-31(37-33(40)41)32(39)36-29-19-15-25(24-38)16-20-29/h2-7,10-13,15-22,31,35,37-38H,8-9,14,23-24H2,1H3,(H,36,39)(H,40,41). The number of anilines is 1. The number of aliphatic hydroxyl groups excluding tert-OH is 1. The van der Waals surface area contributed by atoms with Gasteiger partial charge in [0.05, 0.1) is 19.3 Å². The zero-order chi connectivity index (χ0) is 29.8. The number of rotatable bonds is 14. The van der Waals surface area contributed by atoms with E-state index in [1.54, 1.807) is 31.4 Å². The molecule has 4 aromatic rings. The lowest BCUT2D eigenvalue weighted by Gasteiger charge is -2.37. The summed E-state index contributed by atoms with van der Waals surface area (Å²) in [6.45, 7) is 0.513. The van der Waals surface area contributed by atoms with E-state index >= 15 is 0 Å². The van der Waals surface area contributed by atoms with Gasteiger partial charge in [0.2, 0.25) is 5.91 Å². The molecule has 0 heterocycles. The van der Waals surface area contributed by atoms with E-state index in [4.69, 9.17) is 4.74 Å². The van der Waals surface area contributed by atoms with E-state index in [0.29, 0.717) is 31.5 Å². The molecule has 0 saturated heterocycles. The van der Waals surface area contributed by atoms with Crippen molar-refractivity contribution in [3.8, 4) is 5.75 Å². The molecule has 0 fully saturated rings. The van der Waals surface area contributed by atoms with Gasteiger partial charge in [-0.05, 0) is 72.3 Å². The fourth-order valence-electron chi connectivity index (χ4n) is 5.11. The molecule has 0 aliphatic rings. The van der Waals surface area contributed by atoms with Gasteiger partial charge in [-0.2, -0.15) is 0 Å². The smallest absolute Gasteiger partial charge is 0.405 e. The Morgan fingerprint density at radius 1 is 0.786 bits per heavy atom. The van der Waals surface area contributed by atoms with Gasteiger partial charge in [-0.3, -0.25) is 10.1 Å². The first-order valence-corrected chi connectivity index (χ1v) is 14.0. The van der Waals surface area contributed by atoms with E-state index in [2.05, 4.69) is 52.3 Å². The number of amides is 2. The van der Waals surface area contributed by atoms with E-state index in [1.165, 1.54) is 0 Å². The lowest BCUT2D eigenvalue weighted by molar-refractivity contribution is -0.118. The van der Waals surface area contributed by atoms with Gasteiger partial charge in [-0.15, -0.1) is 0 Å². The molecular formula is C34H37N3O5. The summed E-state index contributed by atoms with van der Waals surface area (Å²) in [6, 6.07) is 34.4. The highest BCUT2D eigenvalue weighted by Crippen LogP contribution is 2.37. The average Bonchev–Trinajstić information content (AvgIpc) is 3.03. The van der Waals surface area contributed by atoms with Crippen molar-refractivity contribution in [3.63, 3.8) is 0 Å². The van der Waals surface area contributed by atoms with Crippen LogP contribution in [0.25, 0.3) is 0 Å². The predicted molar refractivity (Wildman–Crippen MR) is 164 cm³/mol. The Morgan fingerprint density at radius 2 is 1.36 bits per heavy atom. The summed E-state index contributed by atoms with van der Waals surface area (Å²) in [5.74, 6) is 0.344. The number of hydrogen-bond acceptors (Lipinski definition) is 5. The largest absolute Gasteiger partial charge is 0.497 e. The minimum atomic E-state index is -1.25. The second-order valence-corrected chi connectivity index (χ2v) is 9.98. The second kappa shape index (κ2) is 14.8. The molecule has 8 heteroatoms. The van der Waals surface area contributed by atoms with Crippen LogP contribution in [0, 0.1) is 0 Å². The van der Waals surface area contributed by atoms with E-state index in [9.17, 15) is 19.8 Å². The summed E-state index contributed by atoms with van der Waals surface area (Å²) >= 11 is 0. The third kappa shape index (κ3) is 7.54. The van der Waals surface area contributed by atoms with Crippen molar-refractivity contribution >= 4 is 17.7 Å². The Balaban J connectivity index is 1.50. The summed E-state index contributed by atoms with van der Waals surface area (Å²) in [5.41, 5.74) is 3.82. The highest BCUT2D eigenvalue weighted by Gasteiger charge is 2.35. The Kier molecular flexibility index (Phi) is 10.7. The number of unbranched alkanes of at least 4 members (excludes halogenated alkanes) is 1. The monoisotopic (exact) mass is 567 g/mol. The van der Waals surface area contributed by atoms with Gasteiger partial charge in [0, 0.05) is 5.69 Å². The molecule has 0 radical (unpaired) electrons. The first kappa shape index (κ1) is 30.3. The number of methoxy groups -OCH3 is 1. The van der Waals surface area contributed by atoms with Gasteiger partial charge in [0.1, 0.15) is 11.8 Å². The Morgan fingerprint density at radius 3 is 1.88 bits per heavy atom. The molecule has 4 rings (SSSR count). The third-order valence-electron chi connectivity index (χ3n) is 7.26. The van der Waals surface area contributed by atoms with Crippen LogP contribution in [-0.4, -0.2) is 41.9 Å². The topological polar surface area (TPSA) is 120 Å². The number of carbonyl (C=O) groups excluding carboxylic acids is 1. The quantitative estimate of drug-likeness (QED) is 0.101. The van der Waals surface area contributed by atoms with Crippen molar-refractivity contribution in [2.24, 2.45) is 0 Å². The maximum absolute atomic E-state index is 12.9. The lowest BCUT2D eigenvalue weighted by atomic mass is 9.77. The molecule has 2 amide bonds. The highest BCUT2D eigenvalue weighted by atomic mass is 16.5. The van der Waals surface area contributed by atoms with Crippen LogP contribution in [-0.2, 0) is 16.9 Å². The van der Waals surface area contributed by atoms with E-state index in [1.807, 2.05) is 48.5 Å². The van der Waals surface area contributed by atoms with Gasteiger partial charge in [0.25, 0.3) is 0 Å².